The van der Waals surface area contributed by atoms with Crippen LogP contribution in [0.3, 0.4) is 0 Å². The second-order valence-corrected chi connectivity index (χ2v) is 20.8. The molecule has 12 atom stereocenters. The maximum absolute atomic E-state index is 12.9. The Balaban J connectivity index is 0.000000155. The van der Waals surface area contributed by atoms with Crippen LogP contribution in [0, 0.1) is 5.41 Å². The molecule has 8 aliphatic rings. The van der Waals surface area contributed by atoms with Crippen molar-refractivity contribution >= 4 is 5.78 Å². The number of aliphatic hydroxyl groups is 4. The Labute approximate surface area is 336 Å². The van der Waals surface area contributed by atoms with E-state index in [1.807, 2.05) is 26.0 Å². The van der Waals surface area contributed by atoms with E-state index in [-0.39, 0.29) is 30.0 Å². The highest BCUT2D eigenvalue weighted by Crippen LogP contribution is 2.71. The fraction of sp³-hybridized carbons (Fsp3) is 0.711. The van der Waals surface area contributed by atoms with Gasteiger partial charge in [0.1, 0.15) is 35.5 Å². The first-order chi connectivity index (χ1) is 26.5. The minimum Gasteiger partial charge on any atom is -0.504 e. The van der Waals surface area contributed by atoms with E-state index in [1.165, 1.54) is 5.56 Å². The summed E-state index contributed by atoms with van der Waals surface area (Å²) in [6.45, 7) is 8.87. The Kier molecular flexibility index (Phi) is 8.07. The van der Waals surface area contributed by atoms with Gasteiger partial charge in [0, 0.05) is 55.8 Å². The maximum Gasteiger partial charge on any atom is 0.174 e. The van der Waals surface area contributed by atoms with Gasteiger partial charge >= 0.3 is 0 Å². The number of hydrogen-bond donors (Lipinski definition) is 5. The molecule has 5 N–H and O–H groups in total. The van der Waals surface area contributed by atoms with E-state index in [4.69, 9.17) is 18.9 Å². The van der Waals surface area contributed by atoms with Crippen LogP contribution in [-0.2, 0) is 33.2 Å². The Morgan fingerprint density at radius 2 is 1.42 bits per heavy atom. The van der Waals surface area contributed by atoms with Gasteiger partial charge < -0.3 is 53.4 Å². The number of phenols is 1. The molecule has 12 nitrogen and oxygen atoms in total. The zero-order valence-corrected chi connectivity index (χ0v) is 35.4. The Bertz CT molecular complexity index is 2060. The predicted molar refractivity (Wildman–Crippen MR) is 211 cm³/mol. The van der Waals surface area contributed by atoms with Crippen LogP contribution >= 0.6 is 0 Å². The van der Waals surface area contributed by atoms with Crippen LogP contribution in [0.1, 0.15) is 88.5 Å². The van der Waals surface area contributed by atoms with Crippen molar-refractivity contribution in [2.75, 3.05) is 55.5 Å². The monoisotopic (exact) mass is 792 g/mol. The predicted octanol–water partition coefficient (Wildman–Crippen LogP) is 3.06. The third-order valence-corrected chi connectivity index (χ3v) is 18.0. The number of quaternary nitrogens is 2. The van der Waals surface area contributed by atoms with Gasteiger partial charge in [0.25, 0.3) is 0 Å². The maximum atomic E-state index is 12.9. The van der Waals surface area contributed by atoms with Gasteiger partial charge in [0.2, 0.25) is 0 Å². The number of carbonyl (C=O) groups is 1. The van der Waals surface area contributed by atoms with Crippen molar-refractivity contribution in [2.24, 2.45) is 5.41 Å². The number of benzene rings is 2. The Morgan fingerprint density at radius 1 is 0.842 bits per heavy atom. The first kappa shape index (κ1) is 39.5. The molecular formula is C45H64N2O10+2. The fourth-order valence-electron chi connectivity index (χ4n) is 14.3. The summed E-state index contributed by atoms with van der Waals surface area (Å²) in [4.78, 5) is 12.7. The molecule has 12 heteroatoms. The standard InChI is InChI=1S/C26H39NO6.C19H24NO4/c1-8-23(3,29)24(4,30)22(2)14-26(31)17-13-15-9-10-16(28)19-18(15)25(26,11-12-27(17,5)6)21(33-19)20(22)32-7;1-20(2)9-8-18-15-11-4-5-13(23-3)16(15)24-17(18)12(21)6-7-19(18,22)14(20)10-11/h9-10,17,20-21,29-31H,8,11-14H2,1-7H3;4-5,14,17,22H,6-10H2,1-3H3/q;+1/p+1. The molecule has 57 heavy (non-hydrogen) atoms. The first-order valence-electron chi connectivity index (χ1n) is 21.0. The number of Topliss-reactive ketones (excluding diaryl/α,β-unsaturated/α-hetero) is 1. The molecule has 2 aromatic carbocycles. The zero-order chi connectivity index (χ0) is 41.3. The van der Waals surface area contributed by atoms with Crippen molar-refractivity contribution in [2.45, 2.75) is 143 Å². The number of hydrogen-bond acceptors (Lipinski definition) is 10. The number of rotatable bonds is 5. The summed E-state index contributed by atoms with van der Waals surface area (Å²) < 4.78 is 25.8. The van der Waals surface area contributed by atoms with Gasteiger partial charge in [0.05, 0.1) is 70.4 Å². The summed E-state index contributed by atoms with van der Waals surface area (Å²) in [6.07, 6.45) is 2.68. The van der Waals surface area contributed by atoms with E-state index >= 15 is 0 Å². The van der Waals surface area contributed by atoms with Crippen LogP contribution in [0.4, 0.5) is 0 Å². The van der Waals surface area contributed by atoms with Crippen molar-refractivity contribution in [3.63, 3.8) is 0 Å². The van der Waals surface area contributed by atoms with Crippen molar-refractivity contribution in [1.82, 2.24) is 0 Å². The minimum atomic E-state index is -1.58. The number of nitrogens with zero attached hydrogens (tertiary/aromatic N) is 2. The number of piperidine rings is 2. The summed E-state index contributed by atoms with van der Waals surface area (Å²) in [5.74, 6) is 2.00. The molecule has 312 valence electrons. The molecular weight excluding hydrogens is 728 g/mol. The smallest absolute Gasteiger partial charge is 0.174 e. The number of likely N-dealkylation sites (N-methyl/N-ethyl adjacent to an activating group) is 2. The lowest BCUT2D eigenvalue weighted by Gasteiger charge is -2.69. The van der Waals surface area contributed by atoms with Crippen molar-refractivity contribution < 1.29 is 58.2 Å². The Morgan fingerprint density at radius 3 is 2.02 bits per heavy atom. The van der Waals surface area contributed by atoms with Crippen molar-refractivity contribution in [3.05, 3.63) is 46.5 Å². The largest absolute Gasteiger partial charge is 0.504 e. The molecule has 10 rings (SSSR count). The average Bonchev–Trinajstić information content (AvgIpc) is 3.69. The molecule has 2 saturated heterocycles. The first-order valence-corrected chi connectivity index (χ1v) is 21.0. The summed E-state index contributed by atoms with van der Waals surface area (Å²) in [7, 11) is 12.0. The van der Waals surface area contributed by atoms with Gasteiger partial charge in [-0.15, -0.1) is 0 Å². The van der Waals surface area contributed by atoms with Crippen LogP contribution in [0.15, 0.2) is 24.3 Å². The quantitative estimate of drug-likeness (QED) is 0.286. The van der Waals surface area contributed by atoms with E-state index in [9.17, 15) is 30.3 Å². The molecule has 2 aromatic rings. The molecule has 0 amide bonds. The molecule has 4 aliphatic heterocycles. The lowest BCUT2D eigenvalue weighted by Crippen LogP contribution is -2.85. The molecule has 4 bridgehead atoms. The van der Waals surface area contributed by atoms with Gasteiger partial charge in [-0.3, -0.25) is 4.79 Å². The molecule has 2 saturated carbocycles. The molecule has 0 aromatic heterocycles. The number of phenolic OH excluding ortho intramolecular Hbond substituents is 1. The van der Waals surface area contributed by atoms with Gasteiger partial charge in [-0.05, 0) is 56.4 Å². The van der Waals surface area contributed by atoms with E-state index < -0.39 is 57.0 Å². The highest BCUT2D eigenvalue weighted by molar-refractivity contribution is 5.90. The molecule has 4 aliphatic carbocycles. The number of ketones is 1. The van der Waals surface area contributed by atoms with E-state index in [0.717, 1.165) is 47.1 Å². The van der Waals surface area contributed by atoms with E-state index in [2.05, 4.69) is 34.3 Å². The summed E-state index contributed by atoms with van der Waals surface area (Å²) in [5, 5.41) is 58.9. The van der Waals surface area contributed by atoms with Crippen LogP contribution in [0.25, 0.3) is 0 Å². The summed E-state index contributed by atoms with van der Waals surface area (Å²) in [5.41, 5.74) is -3.20. The topological polar surface area (TPSA) is 155 Å². The van der Waals surface area contributed by atoms with Gasteiger partial charge in [-0.2, -0.15) is 0 Å². The molecule has 2 spiro atoms. The van der Waals surface area contributed by atoms with Gasteiger partial charge in [-0.25, -0.2) is 0 Å². The number of ether oxygens (including phenoxy) is 4. The fourth-order valence-corrected chi connectivity index (χ4v) is 14.3. The van der Waals surface area contributed by atoms with E-state index in [1.54, 1.807) is 34.1 Å². The number of aromatic hydroxyl groups is 1. The third-order valence-electron chi connectivity index (χ3n) is 18.0. The Hall–Kier alpha value is -2.97. The van der Waals surface area contributed by atoms with Crippen molar-refractivity contribution in [3.8, 4) is 23.0 Å². The molecule has 0 radical (unpaired) electrons. The number of carbonyl (C=O) groups excluding carboxylic acids is 1. The van der Waals surface area contributed by atoms with Crippen LogP contribution < -0.4 is 14.2 Å². The van der Waals surface area contributed by atoms with Crippen molar-refractivity contribution in [1.29, 1.82) is 0 Å². The van der Waals surface area contributed by atoms with Crippen LogP contribution in [0.2, 0.25) is 0 Å². The summed E-state index contributed by atoms with van der Waals surface area (Å²) in [6, 6.07) is 7.65. The number of likely N-dealkylation sites (tertiary alicyclic amines) is 2. The SMILES string of the molecule is CCC(C)(O)C(C)(O)C1(C)CC2(O)C3Cc4ccc(O)c5c4C2(CC[N+]3(C)C)C(O5)C1OC.COc1ccc2c3c1OC1C(=O)CCC4(O)C(C2)[N+](C)(C)CCC314. The lowest BCUT2D eigenvalue weighted by molar-refractivity contribution is -0.932. The number of methoxy groups -OCH3 is 2. The second kappa shape index (κ2) is 11.6. The van der Waals surface area contributed by atoms with Crippen LogP contribution in [0.5, 0.6) is 23.0 Å². The minimum absolute atomic E-state index is 0.0709. The molecule has 12 unspecified atom stereocenters. The summed E-state index contributed by atoms with van der Waals surface area (Å²) >= 11 is 0. The zero-order valence-electron chi connectivity index (χ0n) is 35.4. The highest BCUT2D eigenvalue weighted by atomic mass is 16.6. The average molecular weight is 793 g/mol. The molecule has 4 fully saturated rings. The van der Waals surface area contributed by atoms with Gasteiger partial charge in [-0.1, -0.05) is 26.0 Å². The van der Waals surface area contributed by atoms with Gasteiger partial charge in [0.15, 0.2) is 34.9 Å². The lowest BCUT2D eigenvalue weighted by atomic mass is 9.41. The van der Waals surface area contributed by atoms with Crippen LogP contribution in [-0.4, -0.2) is 149 Å². The molecule has 4 heterocycles. The third kappa shape index (κ3) is 4.36. The normalized spacial score (nSPS) is 42.5. The highest BCUT2D eigenvalue weighted by Gasteiger charge is 2.82. The van der Waals surface area contributed by atoms with E-state index in [0.29, 0.717) is 53.8 Å². The second-order valence-electron chi connectivity index (χ2n) is 20.8.